The van der Waals surface area contributed by atoms with Crippen LogP contribution < -0.4 is 4.90 Å². The maximum absolute atomic E-state index is 7.06. The maximum Gasteiger partial charge on any atom is 0.144 e. The van der Waals surface area contributed by atoms with Gasteiger partial charge in [0.25, 0.3) is 0 Å². The Balaban J connectivity index is 1.06. The predicted molar refractivity (Wildman–Crippen MR) is 275 cm³/mol. The summed E-state index contributed by atoms with van der Waals surface area (Å²) in [6.07, 6.45) is 0. The fourth-order valence-corrected chi connectivity index (χ4v) is 12.7. The van der Waals surface area contributed by atoms with Crippen molar-refractivity contribution in [2.75, 3.05) is 4.90 Å². The molecule has 10 aromatic carbocycles. The van der Waals surface area contributed by atoms with Crippen LogP contribution >= 0.6 is 0 Å². The molecule has 1 atom stereocenters. The van der Waals surface area contributed by atoms with E-state index in [9.17, 15) is 0 Å². The third kappa shape index (κ3) is 4.65. The van der Waals surface area contributed by atoms with Gasteiger partial charge in [-0.25, -0.2) is 0 Å². The highest BCUT2D eigenvalue weighted by atomic mass is 16.3. The average molecular weight is 856 g/mol. The number of rotatable bonds is 4. The zero-order valence-corrected chi connectivity index (χ0v) is 37.0. The first-order valence-electron chi connectivity index (χ1n) is 23.3. The second kappa shape index (κ2) is 13.1. The van der Waals surface area contributed by atoms with E-state index in [2.05, 4.69) is 231 Å². The molecule has 0 N–H and O–H groups in total. The summed E-state index contributed by atoms with van der Waals surface area (Å²) in [5, 5.41) is 4.40. The van der Waals surface area contributed by atoms with Crippen LogP contribution in [0.2, 0.25) is 0 Å². The summed E-state index contributed by atoms with van der Waals surface area (Å²) in [7, 11) is 0. The molecular formula is C64H41NO2. The lowest BCUT2D eigenvalue weighted by atomic mass is 9.70. The normalized spacial score (nSPS) is 15.8. The lowest BCUT2D eigenvalue weighted by Gasteiger charge is -2.32. The summed E-state index contributed by atoms with van der Waals surface area (Å²) in [6, 6.07) is 78.1. The van der Waals surface area contributed by atoms with Gasteiger partial charge >= 0.3 is 0 Å². The predicted octanol–water partition coefficient (Wildman–Crippen LogP) is 17.3. The van der Waals surface area contributed by atoms with E-state index in [4.69, 9.17) is 8.83 Å². The van der Waals surface area contributed by atoms with Gasteiger partial charge in [-0.2, -0.15) is 0 Å². The summed E-state index contributed by atoms with van der Waals surface area (Å²) in [6.45, 7) is 4.74. The Morgan fingerprint density at radius 3 is 1.64 bits per heavy atom. The lowest BCUT2D eigenvalue weighted by molar-refractivity contribution is 0.660. The summed E-state index contributed by atoms with van der Waals surface area (Å²) < 4.78 is 13.9. The smallest absolute Gasteiger partial charge is 0.144 e. The minimum Gasteiger partial charge on any atom is -0.455 e. The standard InChI is InChI=1S/C64H41NO2/c1-63(2)49-27-11-6-20-40(49)41-35-34-39(36-53(41)63)65(38-18-4-3-5-19-38)55-31-17-30-52-58(55)45-23-7-12-28-50(45)64(52)51-29-13-8-24-46(51)59-54(64)37-48-43-22-10-15-33-57(43)67-62(48)60(59)47-26-16-25-44-42-21-9-14-32-56(42)66-61(44)47/h3-37H,1-2H3. The third-order valence-corrected chi connectivity index (χ3v) is 15.5. The maximum atomic E-state index is 7.06. The molecule has 0 fully saturated rings. The number of anilines is 3. The molecule has 0 saturated carbocycles. The van der Waals surface area contributed by atoms with Gasteiger partial charge in [0, 0.05) is 55.0 Å². The average Bonchev–Trinajstić information content (AvgIpc) is 4.15. The monoisotopic (exact) mass is 855 g/mol. The Morgan fingerprint density at radius 2 is 0.881 bits per heavy atom. The van der Waals surface area contributed by atoms with E-state index in [-0.39, 0.29) is 5.41 Å². The largest absolute Gasteiger partial charge is 0.455 e. The Morgan fingerprint density at radius 1 is 0.328 bits per heavy atom. The van der Waals surface area contributed by atoms with Crippen LogP contribution in [0.3, 0.4) is 0 Å². The van der Waals surface area contributed by atoms with Gasteiger partial charge in [0.15, 0.2) is 0 Å². The number of para-hydroxylation sites is 4. The van der Waals surface area contributed by atoms with Gasteiger partial charge < -0.3 is 13.7 Å². The molecule has 67 heavy (non-hydrogen) atoms. The number of fused-ring (bicyclic) bond motifs is 19. The molecular weight excluding hydrogens is 815 g/mol. The molecule has 0 radical (unpaired) electrons. The SMILES string of the molecule is CC1(C)c2ccccc2-c2ccc(N(c3ccccc3)c3cccc4c3-c3ccccc3C43c4ccccc4-c4c3cc3c(oc5ccccc53)c4-c3cccc4c3oc3ccccc34)cc21. The molecule has 0 aliphatic heterocycles. The Hall–Kier alpha value is -8.40. The second-order valence-electron chi connectivity index (χ2n) is 19.0. The molecule has 0 saturated heterocycles. The molecule has 0 bridgehead atoms. The molecule has 1 unspecified atom stereocenters. The molecule has 3 aliphatic rings. The van der Waals surface area contributed by atoms with Crippen LogP contribution in [0.1, 0.15) is 47.2 Å². The quantitative estimate of drug-likeness (QED) is 0.177. The topological polar surface area (TPSA) is 29.5 Å². The van der Waals surface area contributed by atoms with Crippen LogP contribution in [0.15, 0.2) is 221 Å². The van der Waals surface area contributed by atoms with E-state index < -0.39 is 5.41 Å². The molecule has 3 aliphatic carbocycles. The third-order valence-electron chi connectivity index (χ3n) is 15.5. The molecule has 2 aromatic heterocycles. The van der Waals surface area contributed by atoms with E-state index in [1.807, 2.05) is 0 Å². The molecule has 0 amide bonds. The summed E-state index contributed by atoms with van der Waals surface area (Å²) in [5.41, 5.74) is 23.5. The summed E-state index contributed by atoms with van der Waals surface area (Å²) in [5.74, 6) is 0. The van der Waals surface area contributed by atoms with Crippen LogP contribution in [0, 0.1) is 0 Å². The lowest BCUT2D eigenvalue weighted by Crippen LogP contribution is -2.26. The van der Waals surface area contributed by atoms with Crippen molar-refractivity contribution in [2.24, 2.45) is 0 Å². The van der Waals surface area contributed by atoms with Crippen molar-refractivity contribution in [3.8, 4) is 44.5 Å². The van der Waals surface area contributed by atoms with Crippen molar-refractivity contribution >= 4 is 60.9 Å². The molecule has 12 aromatic rings. The second-order valence-corrected chi connectivity index (χ2v) is 19.0. The first-order chi connectivity index (χ1) is 33.0. The van der Waals surface area contributed by atoms with Crippen LogP contribution in [0.25, 0.3) is 88.4 Å². The molecule has 15 rings (SSSR count). The summed E-state index contributed by atoms with van der Waals surface area (Å²) in [4.78, 5) is 2.50. The number of furan rings is 2. The van der Waals surface area contributed by atoms with Crippen molar-refractivity contribution in [3.63, 3.8) is 0 Å². The van der Waals surface area contributed by atoms with Gasteiger partial charge in [-0.05, 0) is 110 Å². The van der Waals surface area contributed by atoms with Gasteiger partial charge in [0.05, 0.1) is 11.1 Å². The van der Waals surface area contributed by atoms with Crippen molar-refractivity contribution in [1.82, 2.24) is 0 Å². The minimum atomic E-state index is -0.652. The zero-order chi connectivity index (χ0) is 44.2. The van der Waals surface area contributed by atoms with Gasteiger partial charge in [-0.1, -0.05) is 178 Å². The highest BCUT2D eigenvalue weighted by Crippen LogP contribution is 2.67. The van der Waals surface area contributed by atoms with Crippen molar-refractivity contribution in [1.29, 1.82) is 0 Å². The van der Waals surface area contributed by atoms with E-state index in [0.29, 0.717) is 0 Å². The van der Waals surface area contributed by atoms with E-state index in [1.54, 1.807) is 0 Å². The van der Waals surface area contributed by atoms with Crippen LogP contribution in [0.4, 0.5) is 17.1 Å². The van der Waals surface area contributed by atoms with E-state index >= 15 is 0 Å². The van der Waals surface area contributed by atoms with Crippen LogP contribution in [0.5, 0.6) is 0 Å². The van der Waals surface area contributed by atoms with Crippen molar-refractivity contribution in [2.45, 2.75) is 24.7 Å². The number of hydrogen-bond acceptors (Lipinski definition) is 3. The molecule has 3 heteroatoms. The number of nitrogens with zero attached hydrogens (tertiary/aromatic N) is 1. The molecule has 2 heterocycles. The van der Waals surface area contributed by atoms with Crippen molar-refractivity contribution in [3.05, 3.63) is 246 Å². The van der Waals surface area contributed by atoms with Gasteiger partial charge in [0.2, 0.25) is 0 Å². The van der Waals surface area contributed by atoms with Gasteiger partial charge in [0.1, 0.15) is 22.3 Å². The fraction of sp³-hybridized carbons (Fsp3) is 0.0625. The highest BCUT2D eigenvalue weighted by molar-refractivity contribution is 6.20. The van der Waals surface area contributed by atoms with Crippen LogP contribution in [-0.4, -0.2) is 0 Å². The van der Waals surface area contributed by atoms with E-state index in [0.717, 1.165) is 72.1 Å². The summed E-state index contributed by atoms with van der Waals surface area (Å²) >= 11 is 0. The molecule has 1 spiro atoms. The highest BCUT2D eigenvalue weighted by Gasteiger charge is 2.54. The number of benzene rings is 10. The molecule has 314 valence electrons. The fourth-order valence-electron chi connectivity index (χ4n) is 12.7. The van der Waals surface area contributed by atoms with Gasteiger partial charge in [-0.15, -0.1) is 0 Å². The first kappa shape index (κ1) is 36.9. The number of hydrogen-bond donors (Lipinski definition) is 0. The Labute approximate surface area is 387 Å². The Bertz CT molecular complexity index is 4090. The zero-order valence-electron chi connectivity index (χ0n) is 37.0. The van der Waals surface area contributed by atoms with Crippen molar-refractivity contribution < 1.29 is 8.83 Å². The van der Waals surface area contributed by atoms with E-state index in [1.165, 1.54) is 66.8 Å². The Kier molecular flexibility index (Phi) is 7.22. The minimum absolute atomic E-state index is 0.149. The van der Waals surface area contributed by atoms with Gasteiger partial charge in [-0.3, -0.25) is 0 Å². The van der Waals surface area contributed by atoms with Crippen LogP contribution in [-0.2, 0) is 10.8 Å². The molecule has 3 nitrogen and oxygen atoms in total. The first-order valence-corrected chi connectivity index (χ1v) is 23.3.